The molecular weight excluding hydrogens is 399 g/mol. The number of benzene rings is 2. The van der Waals surface area contributed by atoms with Crippen molar-refractivity contribution < 1.29 is 27.6 Å². The first-order valence-corrected chi connectivity index (χ1v) is 9.43. The van der Waals surface area contributed by atoms with E-state index in [0.717, 1.165) is 12.1 Å². The summed E-state index contributed by atoms with van der Waals surface area (Å²) in [5.41, 5.74) is -0.273. The second kappa shape index (κ2) is 9.43. The maximum atomic E-state index is 13.8. The fourth-order valence-electron chi connectivity index (χ4n) is 3.23. The molecule has 0 saturated carbocycles. The highest BCUT2D eigenvalue weighted by molar-refractivity contribution is 6.39. The van der Waals surface area contributed by atoms with Crippen LogP contribution in [-0.4, -0.2) is 42.3 Å². The highest BCUT2D eigenvalue weighted by atomic mass is 19.1. The quantitative estimate of drug-likeness (QED) is 0.748. The molecule has 9 heteroatoms. The summed E-state index contributed by atoms with van der Waals surface area (Å²) >= 11 is 0. The molecule has 1 fully saturated rings. The van der Waals surface area contributed by atoms with E-state index in [9.17, 15) is 27.6 Å². The van der Waals surface area contributed by atoms with Gasteiger partial charge in [-0.15, -0.1) is 0 Å². The predicted molar refractivity (Wildman–Crippen MR) is 103 cm³/mol. The van der Waals surface area contributed by atoms with Crippen LogP contribution in [0.15, 0.2) is 42.5 Å². The standard InChI is InChI=1S/C21H20F3N3O3/c22-14-5-6-18(17(24)11-14)26-20(29)19(28)25-12-13-7-9-27(10-8-13)21(30)15-3-1-2-4-16(15)23/h1-6,11,13H,7-10,12H2,(H,25,28)(H,26,29). The highest BCUT2D eigenvalue weighted by Crippen LogP contribution is 2.20. The highest BCUT2D eigenvalue weighted by Gasteiger charge is 2.26. The SMILES string of the molecule is O=C(NCC1CCN(C(=O)c2ccccc2F)CC1)C(=O)Nc1ccc(F)cc1F. The zero-order valence-corrected chi connectivity index (χ0v) is 16.0. The van der Waals surface area contributed by atoms with E-state index in [1.807, 2.05) is 0 Å². The Kier molecular flexibility index (Phi) is 6.71. The van der Waals surface area contributed by atoms with E-state index >= 15 is 0 Å². The van der Waals surface area contributed by atoms with Gasteiger partial charge >= 0.3 is 11.8 Å². The number of carbonyl (C=O) groups excluding carboxylic acids is 3. The lowest BCUT2D eigenvalue weighted by molar-refractivity contribution is -0.136. The van der Waals surface area contributed by atoms with Crippen molar-refractivity contribution in [1.82, 2.24) is 10.2 Å². The van der Waals surface area contributed by atoms with Crippen LogP contribution in [-0.2, 0) is 9.59 Å². The van der Waals surface area contributed by atoms with E-state index in [1.165, 1.54) is 18.2 Å². The summed E-state index contributed by atoms with van der Waals surface area (Å²) in [6.07, 6.45) is 1.16. The van der Waals surface area contributed by atoms with Gasteiger partial charge in [0.15, 0.2) is 0 Å². The number of hydrogen-bond donors (Lipinski definition) is 2. The summed E-state index contributed by atoms with van der Waals surface area (Å²) < 4.78 is 40.2. The topological polar surface area (TPSA) is 78.5 Å². The van der Waals surface area contributed by atoms with Gasteiger partial charge in [0.25, 0.3) is 5.91 Å². The Labute approximate surface area is 171 Å². The third-order valence-corrected chi connectivity index (χ3v) is 4.94. The van der Waals surface area contributed by atoms with Crippen LogP contribution in [0.5, 0.6) is 0 Å². The average Bonchev–Trinajstić information content (AvgIpc) is 2.74. The molecule has 2 aromatic carbocycles. The van der Waals surface area contributed by atoms with Gasteiger partial charge in [0.2, 0.25) is 0 Å². The summed E-state index contributed by atoms with van der Waals surface area (Å²) in [5, 5.41) is 4.57. The summed E-state index contributed by atoms with van der Waals surface area (Å²) in [5.74, 6) is -4.69. The van der Waals surface area contributed by atoms with Gasteiger partial charge in [-0.3, -0.25) is 14.4 Å². The summed E-state index contributed by atoms with van der Waals surface area (Å²) in [6.45, 7) is 1.02. The lowest BCUT2D eigenvalue weighted by Crippen LogP contribution is -2.43. The Bertz CT molecular complexity index is 960. The fourth-order valence-corrected chi connectivity index (χ4v) is 3.23. The molecule has 0 spiro atoms. The molecule has 0 unspecified atom stereocenters. The Hall–Kier alpha value is -3.36. The number of nitrogens with one attached hydrogen (secondary N) is 2. The maximum absolute atomic E-state index is 13.8. The van der Waals surface area contributed by atoms with Crippen LogP contribution in [0.25, 0.3) is 0 Å². The Balaban J connectivity index is 1.45. The zero-order valence-electron chi connectivity index (χ0n) is 16.0. The molecule has 2 N–H and O–H groups in total. The van der Waals surface area contributed by atoms with E-state index in [4.69, 9.17) is 0 Å². The van der Waals surface area contributed by atoms with E-state index < -0.39 is 29.3 Å². The lowest BCUT2D eigenvalue weighted by atomic mass is 9.96. The first-order valence-electron chi connectivity index (χ1n) is 9.43. The number of halogens is 3. The van der Waals surface area contributed by atoms with Crippen LogP contribution < -0.4 is 10.6 Å². The first kappa shape index (κ1) is 21.4. The van der Waals surface area contributed by atoms with Crippen molar-refractivity contribution in [3.63, 3.8) is 0 Å². The first-order chi connectivity index (χ1) is 14.3. The van der Waals surface area contributed by atoms with Crippen molar-refractivity contribution in [3.05, 3.63) is 65.5 Å². The third kappa shape index (κ3) is 5.16. The summed E-state index contributed by atoms with van der Waals surface area (Å²) in [6, 6.07) is 8.38. The van der Waals surface area contributed by atoms with E-state index in [1.54, 1.807) is 11.0 Å². The average molecular weight is 419 g/mol. The molecule has 1 heterocycles. The van der Waals surface area contributed by atoms with Crippen molar-refractivity contribution >= 4 is 23.4 Å². The monoisotopic (exact) mass is 419 g/mol. The van der Waals surface area contributed by atoms with Crippen LogP contribution in [0.1, 0.15) is 23.2 Å². The minimum atomic E-state index is -1.06. The minimum Gasteiger partial charge on any atom is -0.348 e. The molecule has 6 nitrogen and oxygen atoms in total. The van der Waals surface area contributed by atoms with Crippen molar-refractivity contribution in [2.24, 2.45) is 5.92 Å². The molecule has 1 aliphatic heterocycles. The van der Waals surface area contributed by atoms with Gasteiger partial charge < -0.3 is 15.5 Å². The molecule has 0 aliphatic carbocycles. The van der Waals surface area contributed by atoms with Gasteiger partial charge in [0.1, 0.15) is 17.5 Å². The number of hydrogen-bond acceptors (Lipinski definition) is 3. The van der Waals surface area contributed by atoms with E-state index in [-0.39, 0.29) is 29.6 Å². The Morgan fingerprint density at radius 2 is 1.63 bits per heavy atom. The molecule has 0 bridgehead atoms. The molecule has 0 aromatic heterocycles. The number of rotatable bonds is 4. The number of nitrogens with zero attached hydrogens (tertiary/aromatic N) is 1. The van der Waals surface area contributed by atoms with E-state index in [0.29, 0.717) is 32.0 Å². The molecule has 158 valence electrons. The van der Waals surface area contributed by atoms with Crippen LogP contribution in [0.4, 0.5) is 18.9 Å². The summed E-state index contributed by atoms with van der Waals surface area (Å²) in [4.78, 5) is 37.8. The molecule has 1 saturated heterocycles. The Morgan fingerprint density at radius 1 is 0.933 bits per heavy atom. The minimum absolute atomic E-state index is 0.0222. The largest absolute Gasteiger partial charge is 0.348 e. The number of amides is 3. The fraction of sp³-hybridized carbons (Fsp3) is 0.286. The third-order valence-electron chi connectivity index (χ3n) is 4.94. The van der Waals surface area contributed by atoms with Gasteiger partial charge in [0, 0.05) is 25.7 Å². The lowest BCUT2D eigenvalue weighted by Gasteiger charge is -2.32. The van der Waals surface area contributed by atoms with Crippen molar-refractivity contribution in [3.8, 4) is 0 Å². The molecule has 0 atom stereocenters. The number of likely N-dealkylation sites (tertiary alicyclic amines) is 1. The second-order valence-corrected chi connectivity index (χ2v) is 7.00. The normalized spacial score (nSPS) is 14.3. The smallest absolute Gasteiger partial charge is 0.313 e. The van der Waals surface area contributed by atoms with Crippen molar-refractivity contribution in [2.75, 3.05) is 25.0 Å². The molecule has 3 rings (SSSR count). The second-order valence-electron chi connectivity index (χ2n) is 7.00. The zero-order chi connectivity index (χ0) is 21.7. The van der Waals surface area contributed by atoms with Crippen molar-refractivity contribution in [1.29, 1.82) is 0 Å². The van der Waals surface area contributed by atoms with Gasteiger partial charge in [-0.2, -0.15) is 0 Å². The molecule has 3 amide bonds. The molecule has 2 aromatic rings. The van der Waals surface area contributed by atoms with Gasteiger partial charge in [-0.1, -0.05) is 12.1 Å². The molecular formula is C21H20F3N3O3. The van der Waals surface area contributed by atoms with Crippen molar-refractivity contribution in [2.45, 2.75) is 12.8 Å². The van der Waals surface area contributed by atoms with Gasteiger partial charge in [-0.25, -0.2) is 13.2 Å². The summed E-state index contributed by atoms with van der Waals surface area (Å²) in [7, 11) is 0. The van der Waals surface area contributed by atoms with Gasteiger partial charge in [0.05, 0.1) is 11.3 Å². The number of carbonyl (C=O) groups is 3. The van der Waals surface area contributed by atoms with Gasteiger partial charge in [-0.05, 0) is 43.0 Å². The molecule has 1 aliphatic rings. The predicted octanol–water partition coefficient (Wildman–Crippen LogP) is 2.71. The Morgan fingerprint density at radius 3 is 2.30 bits per heavy atom. The molecule has 0 radical (unpaired) electrons. The van der Waals surface area contributed by atoms with Crippen LogP contribution in [0.2, 0.25) is 0 Å². The van der Waals surface area contributed by atoms with Crippen LogP contribution >= 0.6 is 0 Å². The maximum Gasteiger partial charge on any atom is 0.313 e. The number of piperidine rings is 1. The van der Waals surface area contributed by atoms with E-state index in [2.05, 4.69) is 10.6 Å². The molecule has 30 heavy (non-hydrogen) atoms. The van der Waals surface area contributed by atoms with Crippen LogP contribution in [0, 0.1) is 23.4 Å². The number of anilines is 1. The van der Waals surface area contributed by atoms with Crippen LogP contribution in [0.3, 0.4) is 0 Å².